The zero-order valence-electron chi connectivity index (χ0n) is 12.4. The van der Waals surface area contributed by atoms with E-state index < -0.39 is 5.97 Å². The number of anilines is 1. The molecule has 3 nitrogen and oxygen atoms in total. The highest BCUT2D eigenvalue weighted by atomic mass is 35.5. The highest BCUT2D eigenvalue weighted by molar-refractivity contribution is 6.33. The summed E-state index contributed by atoms with van der Waals surface area (Å²) in [5.41, 5.74) is 3.11. The summed E-state index contributed by atoms with van der Waals surface area (Å²) in [5, 5.41) is 13.6. The van der Waals surface area contributed by atoms with Gasteiger partial charge < -0.3 is 10.4 Å². The van der Waals surface area contributed by atoms with Gasteiger partial charge in [0.05, 0.1) is 22.3 Å². The van der Waals surface area contributed by atoms with Gasteiger partial charge in [0.25, 0.3) is 0 Å². The zero-order valence-corrected chi connectivity index (χ0v) is 13.1. The van der Waals surface area contributed by atoms with E-state index in [1.165, 1.54) is 5.56 Å². The van der Waals surface area contributed by atoms with E-state index in [0.717, 1.165) is 17.7 Å². The molecule has 0 amide bonds. The van der Waals surface area contributed by atoms with E-state index in [1.54, 1.807) is 12.1 Å². The zero-order chi connectivity index (χ0) is 16.0. The minimum atomic E-state index is -0.906. The highest BCUT2D eigenvalue weighted by Gasteiger charge is 2.40. The molecule has 0 aromatic heterocycles. The number of hydrogen-bond acceptors (Lipinski definition) is 2. The number of carbonyl (C=O) groups is 1. The fourth-order valence-corrected chi connectivity index (χ4v) is 4.07. The molecule has 0 saturated heterocycles. The van der Waals surface area contributed by atoms with Gasteiger partial charge in [-0.3, -0.25) is 0 Å². The van der Waals surface area contributed by atoms with Gasteiger partial charge in [0.1, 0.15) is 0 Å². The van der Waals surface area contributed by atoms with Gasteiger partial charge >= 0.3 is 5.97 Å². The summed E-state index contributed by atoms with van der Waals surface area (Å²) in [6.07, 6.45) is 5.21. The standard InChI is InChI=1S/C19H16ClNO2/c20-15-10-9-14(19(22)23)16-12-7-4-8-13(12)17(21-18(15)16)11-5-2-1-3-6-11/h1-7,9-10,12-13,17,21H,8H2,(H,22,23)/t12-,13+,17+/m1/s1. The van der Waals surface area contributed by atoms with Gasteiger partial charge in [-0.1, -0.05) is 54.1 Å². The maximum atomic E-state index is 11.6. The Morgan fingerprint density at radius 2 is 1.96 bits per heavy atom. The van der Waals surface area contributed by atoms with Gasteiger partial charge in [0, 0.05) is 5.92 Å². The summed E-state index contributed by atoms with van der Waals surface area (Å²) in [6.45, 7) is 0. The monoisotopic (exact) mass is 325 g/mol. The molecule has 0 radical (unpaired) electrons. The molecule has 1 aliphatic heterocycles. The van der Waals surface area contributed by atoms with E-state index in [0.29, 0.717) is 16.5 Å². The molecule has 2 N–H and O–H groups in total. The van der Waals surface area contributed by atoms with Crippen molar-refractivity contribution in [1.29, 1.82) is 0 Å². The summed E-state index contributed by atoms with van der Waals surface area (Å²) in [7, 11) is 0. The Morgan fingerprint density at radius 1 is 1.17 bits per heavy atom. The minimum absolute atomic E-state index is 0.0845. The minimum Gasteiger partial charge on any atom is -0.478 e. The predicted octanol–water partition coefficient (Wildman–Crippen LogP) is 4.86. The van der Waals surface area contributed by atoms with Gasteiger partial charge in [-0.15, -0.1) is 0 Å². The molecule has 2 aliphatic rings. The summed E-state index contributed by atoms with van der Waals surface area (Å²) in [4.78, 5) is 11.6. The van der Waals surface area contributed by atoms with Crippen molar-refractivity contribution in [2.24, 2.45) is 5.92 Å². The second-order valence-corrected chi connectivity index (χ2v) is 6.48. The van der Waals surface area contributed by atoms with E-state index in [1.807, 2.05) is 18.2 Å². The van der Waals surface area contributed by atoms with Crippen LogP contribution in [0.2, 0.25) is 5.02 Å². The number of aromatic carboxylic acids is 1. The average molecular weight is 326 g/mol. The van der Waals surface area contributed by atoms with Crippen LogP contribution >= 0.6 is 11.6 Å². The van der Waals surface area contributed by atoms with Gasteiger partial charge in [-0.05, 0) is 35.6 Å². The van der Waals surface area contributed by atoms with E-state index in [-0.39, 0.29) is 12.0 Å². The van der Waals surface area contributed by atoms with Crippen LogP contribution in [-0.2, 0) is 0 Å². The first-order chi connectivity index (χ1) is 11.2. The number of rotatable bonds is 2. The van der Waals surface area contributed by atoms with Gasteiger partial charge in [-0.2, -0.15) is 0 Å². The van der Waals surface area contributed by atoms with Crippen LogP contribution in [0.5, 0.6) is 0 Å². The third-order valence-electron chi connectivity index (χ3n) is 4.86. The van der Waals surface area contributed by atoms with Gasteiger partial charge in [-0.25, -0.2) is 4.79 Å². The number of fused-ring (bicyclic) bond motifs is 3. The fourth-order valence-electron chi connectivity index (χ4n) is 3.85. The van der Waals surface area contributed by atoms with Crippen LogP contribution in [0.25, 0.3) is 0 Å². The van der Waals surface area contributed by atoms with E-state index in [4.69, 9.17) is 11.6 Å². The van der Waals surface area contributed by atoms with Crippen LogP contribution in [-0.4, -0.2) is 11.1 Å². The molecule has 2 aromatic carbocycles. The van der Waals surface area contributed by atoms with Crippen LogP contribution in [0, 0.1) is 5.92 Å². The lowest BCUT2D eigenvalue weighted by molar-refractivity contribution is 0.0695. The number of halogens is 1. The summed E-state index contributed by atoms with van der Waals surface area (Å²) >= 11 is 6.38. The lowest BCUT2D eigenvalue weighted by atomic mass is 9.75. The quantitative estimate of drug-likeness (QED) is 0.775. The molecule has 4 heteroatoms. The van der Waals surface area contributed by atoms with Crippen LogP contribution in [0.3, 0.4) is 0 Å². The molecule has 0 bridgehead atoms. The summed E-state index contributed by atoms with van der Waals surface area (Å²) in [6, 6.07) is 13.7. The van der Waals surface area contributed by atoms with Crippen LogP contribution in [0.4, 0.5) is 5.69 Å². The molecule has 1 heterocycles. The first-order valence-corrected chi connectivity index (χ1v) is 8.08. The Hall–Kier alpha value is -2.26. The molecule has 4 rings (SSSR count). The molecular weight excluding hydrogens is 310 g/mol. The number of nitrogens with one attached hydrogen (secondary N) is 1. The lowest BCUT2D eigenvalue weighted by Gasteiger charge is -2.38. The molecule has 116 valence electrons. The largest absolute Gasteiger partial charge is 0.478 e. The molecular formula is C19H16ClNO2. The Labute approximate surface area is 139 Å². The van der Waals surface area contributed by atoms with Crippen molar-refractivity contribution >= 4 is 23.3 Å². The number of benzene rings is 2. The van der Waals surface area contributed by atoms with E-state index in [9.17, 15) is 9.90 Å². The van der Waals surface area contributed by atoms with E-state index >= 15 is 0 Å². The maximum absolute atomic E-state index is 11.6. The molecule has 23 heavy (non-hydrogen) atoms. The third-order valence-corrected chi connectivity index (χ3v) is 5.17. The average Bonchev–Trinajstić information content (AvgIpc) is 3.05. The topological polar surface area (TPSA) is 49.3 Å². The fraction of sp³-hybridized carbons (Fsp3) is 0.211. The van der Waals surface area contributed by atoms with Crippen molar-refractivity contribution in [2.45, 2.75) is 18.4 Å². The summed E-state index contributed by atoms with van der Waals surface area (Å²) < 4.78 is 0. The molecule has 0 saturated carbocycles. The van der Waals surface area contributed by atoms with Crippen LogP contribution in [0.15, 0.2) is 54.6 Å². The number of carboxylic acids is 1. The highest BCUT2D eigenvalue weighted by Crippen LogP contribution is 2.52. The Balaban J connectivity index is 1.89. The molecule has 0 unspecified atom stereocenters. The van der Waals surface area contributed by atoms with Crippen LogP contribution in [0.1, 0.15) is 39.9 Å². The van der Waals surface area contributed by atoms with Crippen LogP contribution < -0.4 is 5.32 Å². The first kappa shape index (κ1) is 14.3. The van der Waals surface area contributed by atoms with Gasteiger partial charge in [0.2, 0.25) is 0 Å². The summed E-state index contributed by atoms with van der Waals surface area (Å²) in [5.74, 6) is -0.514. The van der Waals surface area contributed by atoms with Crippen molar-refractivity contribution in [1.82, 2.24) is 0 Å². The predicted molar refractivity (Wildman–Crippen MR) is 91.2 cm³/mol. The molecule has 2 aromatic rings. The van der Waals surface area contributed by atoms with Crippen molar-refractivity contribution in [3.63, 3.8) is 0 Å². The molecule has 0 spiro atoms. The Kier molecular flexibility index (Phi) is 3.38. The number of carboxylic acid groups (broad SMARTS) is 1. The van der Waals surface area contributed by atoms with Crippen molar-refractivity contribution in [3.8, 4) is 0 Å². The lowest BCUT2D eigenvalue weighted by Crippen LogP contribution is -2.30. The van der Waals surface area contributed by atoms with Gasteiger partial charge in [0.15, 0.2) is 0 Å². The normalized spacial score (nSPS) is 24.7. The smallest absolute Gasteiger partial charge is 0.336 e. The van der Waals surface area contributed by atoms with Crippen molar-refractivity contribution in [3.05, 3.63) is 76.3 Å². The second kappa shape index (κ2) is 5.43. The SMILES string of the molecule is O=C(O)c1ccc(Cl)c2c1[C@@H]1C=CC[C@@H]1[C@H](c1ccccc1)N2. The number of allylic oxidation sites excluding steroid dienone is 2. The Bertz CT molecular complexity index is 801. The number of hydrogen-bond donors (Lipinski definition) is 2. The van der Waals surface area contributed by atoms with Crippen molar-refractivity contribution < 1.29 is 9.90 Å². The second-order valence-electron chi connectivity index (χ2n) is 6.07. The Morgan fingerprint density at radius 3 is 2.70 bits per heavy atom. The maximum Gasteiger partial charge on any atom is 0.336 e. The first-order valence-electron chi connectivity index (χ1n) is 7.70. The van der Waals surface area contributed by atoms with Crippen molar-refractivity contribution in [2.75, 3.05) is 5.32 Å². The molecule has 0 fully saturated rings. The van der Waals surface area contributed by atoms with E-state index in [2.05, 4.69) is 29.6 Å². The molecule has 3 atom stereocenters. The molecule has 1 aliphatic carbocycles. The third kappa shape index (κ3) is 2.23.